The molecule has 3 heterocycles. The summed E-state index contributed by atoms with van der Waals surface area (Å²) >= 11 is 0. The summed E-state index contributed by atoms with van der Waals surface area (Å²) in [6.45, 7) is 7.21. The highest BCUT2D eigenvalue weighted by Crippen LogP contribution is 2.17. The van der Waals surface area contributed by atoms with Gasteiger partial charge in [0, 0.05) is 45.1 Å². The van der Waals surface area contributed by atoms with Crippen molar-refractivity contribution in [3.63, 3.8) is 0 Å². The number of nitrogens with zero attached hydrogens (tertiary/aromatic N) is 5. The van der Waals surface area contributed by atoms with Crippen molar-refractivity contribution < 1.29 is 4.42 Å². The van der Waals surface area contributed by atoms with Gasteiger partial charge in [-0.1, -0.05) is 6.92 Å². The van der Waals surface area contributed by atoms with Gasteiger partial charge in [0.1, 0.15) is 6.26 Å². The van der Waals surface area contributed by atoms with Crippen LogP contribution in [0.1, 0.15) is 12.6 Å². The van der Waals surface area contributed by atoms with Gasteiger partial charge in [0.15, 0.2) is 0 Å². The minimum Gasteiger partial charge on any atom is -0.432 e. The van der Waals surface area contributed by atoms with Gasteiger partial charge in [0.25, 0.3) is 6.01 Å². The predicted molar refractivity (Wildman–Crippen MR) is 80.3 cm³/mol. The highest BCUT2D eigenvalue weighted by molar-refractivity contribution is 5.36. The number of hydrogen-bond donors (Lipinski definition) is 1. The Morgan fingerprint density at radius 1 is 1.14 bits per heavy atom. The normalized spacial score (nSPS) is 15.5. The quantitative estimate of drug-likeness (QED) is 0.876. The van der Waals surface area contributed by atoms with Crippen LogP contribution >= 0.6 is 0 Å². The van der Waals surface area contributed by atoms with E-state index in [1.54, 1.807) is 18.7 Å². The number of hydrogen-bond acceptors (Lipinski definition) is 7. The Balaban J connectivity index is 1.57. The molecule has 0 saturated carbocycles. The van der Waals surface area contributed by atoms with E-state index in [2.05, 4.69) is 37.0 Å². The molecule has 1 aliphatic heterocycles. The lowest BCUT2D eigenvalue weighted by Gasteiger charge is -2.33. The number of nitrogens with one attached hydrogen (secondary N) is 1. The van der Waals surface area contributed by atoms with Crippen molar-refractivity contribution in [2.75, 3.05) is 42.5 Å². The molecule has 112 valence electrons. The second-order valence-corrected chi connectivity index (χ2v) is 4.92. The number of aromatic nitrogens is 3. The molecular formula is C14H20N6O. The average Bonchev–Trinajstić information content (AvgIpc) is 3.03. The molecule has 21 heavy (non-hydrogen) atoms. The lowest BCUT2D eigenvalue weighted by atomic mass is 10.3. The standard InChI is InChI=1S/C14H20N6O/c1-2-15-10-12-11-21-14(18-12)20-8-6-19(7-9-20)13-16-4-3-5-17-13/h3-5,11,15H,2,6-10H2,1H3. The molecule has 2 aromatic heterocycles. The Morgan fingerprint density at radius 2 is 1.86 bits per heavy atom. The zero-order valence-electron chi connectivity index (χ0n) is 12.2. The minimum atomic E-state index is 0.705. The van der Waals surface area contributed by atoms with Crippen LogP contribution in [0.15, 0.2) is 29.1 Å². The van der Waals surface area contributed by atoms with Crippen molar-refractivity contribution in [2.45, 2.75) is 13.5 Å². The summed E-state index contributed by atoms with van der Waals surface area (Å²) in [5.41, 5.74) is 0.945. The van der Waals surface area contributed by atoms with Crippen molar-refractivity contribution in [3.8, 4) is 0 Å². The molecule has 0 spiro atoms. The maximum absolute atomic E-state index is 5.57. The number of piperazine rings is 1. The Kier molecular flexibility index (Phi) is 4.30. The maximum atomic E-state index is 5.57. The molecular weight excluding hydrogens is 268 g/mol. The summed E-state index contributed by atoms with van der Waals surface area (Å²) in [7, 11) is 0. The zero-order valence-corrected chi connectivity index (χ0v) is 12.2. The van der Waals surface area contributed by atoms with Gasteiger partial charge in [0.2, 0.25) is 5.95 Å². The van der Waals surface area contributed by atoms with Gasteiger partial charge in [-0.25, -0.2) is 9.97 Å². The lowest BCUT2D eigenvalue weighted by molar-refractivity contribution is 0.513. The third kappa shape index (κ3) is 3.30. The van der Waals surface area contributed by atoms with Crippen LogP contribution in [0.4, 0.5) is 12.0 Å². The summed E-state index contributed by atoms with van der Waals surface area (Å²) in [5.74, 6) is 0.789. The second-order valence-electron chi connectivity index (χ2n) is 4.92. The molecule has 3 rings (SSSR count). The van der Waals surface area contributed by atoms with Crippen molar-refractivity contribution in [1.29, 1.82) is 0 Å². The van der Waals surface area contributed by atoms with Crippen LogP contribution in [0.25, 0.3) is 0 Å². The van der Waals surface area contributed by atoms with Gasteiger partial charge in [-0.15, -0.1) is 0 Å². The van der Waals surface area contributed by atoms with Crippen LogP contribution in [0.2, 0.25) is 0 Å². The van der Waals surface area contributed by atoms with E-state index in [9.17, 15) is 0 Å². The largest absolute Gasteiger partial charge is 0.432 e. The third-order valence-electron chi connectivity index (χ3n) is 3.48. The summed E-state index contributed by atoms with van der Waals surface area (Å²) in [6, 6.07) is 2.54. The first kappa shape index (κ1) is 13.8. The summed E-state index contributed by atoms with van der Waals surface area (Å²) < 4.78 is 5.57. The van der Waals surface area contributed by atoms with Crippen LogP contribution in [-0.2, 0) is 6.54 Å². The topological polar surface area (TPSA) is 70.3 Å². The molecule has 0 radical (unpaired) electrons. The molecule has 0 aromatic carbocycles. The van der Waals surface area contributed by atoms with Crippen molar-refractivity contribution in [3.05, 3.63) is 30.4 Å². The Morgan fingerprint density at radius 3 is 2.57 bits per heavy atom. The molecule has 1 N–H and O–H groups in total. The fourth-order valence-corrected chi connectivity index (χ4v) is 2.33. The van der Waals surface area contributed by atoms with E-state index < -0.39 is 0 Å². The summed E-state index contributed by atoms with van der Waals surface area (Å²) in [4.78, 5) is 17.4. The molecule has 0 unspecified atom stereocenters. The fraction of sp³-hybridized carbons (Fsp3) is 0.500. The van der Waals surface area contributed by atoms with Crippen LogP contribution in [0.3, 0.4) is 0 Å². The van der Waals surface area contributed by atoms with Crippen LogP contribution in [0.5, 0.6) is 0 Å². The van der Waals surface area contributed by atoms with E-state index in [-0.39, 0.29) is 0 Å². The van der Waals surface area contributed by atoms with E-state index in [0.29, 0.717) is 6.01 Å². The monoisotopic (exact) mass is 288 g/mol. The van der Waals surface area contributed by atoms with Crippen molar-refractivity contribution in [1.82, 2.24) is 20.3 Å². The molecule has 1 aliphatic rings. The van der Waals surface area contributed by atoms with Gasteiger partial charge < -0.3 is 19.5 Å². The van der Waals surface area contributed by atoms with Gasteiger partial charge in [0.05, 0.1) is 5.69 Å². The second kappa shape index (κ2) is 6.53. The molecule has 1 fully saturated rings. The highest BCUT2D eigenvalue weighted by Gasteiger charge is 2.21. The smallest absolute Gasteiger partial charge is 0.297 e. The number of oxazole rings is 1. The number of anilines is 2. The van der Waals surface area contributed by atoms with Crippen LogP contribution < -0.4 is 15.1 Å². The Bertz CT molecular complexity index is 550. The van der Waals surface area contributed by atoms with Crippen LogP contribution in [0, 0.1) is 0 Å². The van der Waals surface area contributed by atoms with E-state index in [1.165, 1.54) is 0 Å². The van der Waals surface area contributed by atoms with E-state index in [4.69, 9.17) is 4.42 Å². The van der Waals surface area contributed by atoms with E-state index >= 15 is 0 Å². The molecule has 7 heteroatoms. The molecule has 0 bridgehead atoms. The summed E-state index contributed by atoms with van der Waals surface area (Å²) in [6.07, 6.45) is 5.27. The molecule has 0 amide bonds. The van der Waals surface area contributed by atoms with Gasteiger partial charge in [-0.2, -0.15) is 4.98 Å². The zero-order chi connectivity index (χ0) is 14.5. The van der Waals surface area contributed by atoms with E-state index in [0.717, 1.165) is 50.9 Å². The molecule has 1 saturated heterocycles. The van der Waals surface area contributed by atoms with E-state index in [1.807, 2.05) is 6.07 Å². The third-order valence-corrected chi connectivity index (χ3v) is 3.48. The Hall–Kier alpha value is -2.15. The highest BCUT2D eigenvalue weighted by atomic mass is 16.4. The van der Waals surface area contributed by atoms with Crippen molar-refractivity contribution >= 4 is 12.0 Å². The fourth-order valence-electron chi connectivity index (χ4n) is 2.33. The van der Waals surface area contributed by atoms with Crippen LogP contribution in [-0.4, -0.2) is 47.7 Å². The molecule has 7 nitrogen and oxygen atoms in total. The van der Waals surface area contributed by atoms with Crippen molar-refractivity contribution in [2.24, 2.45) is 0 Å². The minimum absolute atomic E-state index is 0.705. The Labute approximate surface area is 124 Å². The number of rotatable bonds is 5. The first-order valence-electron chi connectivity index (χ1n) is 7.29. The van der Waals surface area contributed by atoms with Gasteiger partial charge in [-0.05, 0) is 12.6 Å². The summed E-state index contributed by atoms with van der Waals surface area (Å²) in [5, 5.41) is 3.24. The SMILES string of the molecule is CCNCc1coc(N2CCN(c3ncccn3)CC2)n1. The molecule has 0 atom stereocenters. The molecule has 2 aromatic rings. The molecule has 0 aliphatic carbocycles. The average molecular weight is 288 g/mol. The first-order valence-corrected chi connectivity index (χ1v) is 7.29. The van der Waals surface area contributed by atoms with Gasteiger partial charge in [-0.3, -0.25) is 0 Å². The lowest BCUT2D eigenvalue weighted by Crippen LogP contribution is -2.47. The first-order chi connectivity index (χ1) is 10.4. The maximum Gasteiger partial charge on any atom is 0.297 e. The van der Waals surface area contributed by atoms with Gasteiger partial charge >= 0.3 is 0 Å². The predicted octanol–water partition coefficient (Wildman–Crippen LogP) is 0.901.